The normalized spacial score (nSPS) is 15.1. The van der Waals surface area contributed by atoms with Gasteiger partial charge in [0.15, 0.2) is 0 Å². The van der Waals surface area contributed by atoms with Gasteiger partial charge in [-0.25, -0.2) is 0 Å². The van der Waals surface area contributed by atoms with Gasteiger partial charge in [0, 0.05) is 24.2 Å². The van der Waals surface area contributed by atoms with E-state index in [2.05, 4.69) is 5.32 Å². The van der Waals surface area contributed by atoms with Crippen molar-refractivity contribution in [2.45, 2.75) is 0 Å². The molecule has 0 aliphatic carbocycles. The Morgan fingerprint density at radius 2 is 1.89 bits per heavy atom. The fourth-order valence-corrected chi connectivity index (χ4v) is 1.91. The zero-order valence-electron chi connectivity index (χ0n) is 9.68. The van der Waals surface area contributed by atoms with E-state index in [1.54, 1.807) is 24.3 Å². The van der Waals surface area contributed by atoms with Gasteiger partial charge >= 0.3 is 0 Å². The topological polar surface area (TPSA) is 75.4 Å². The summed E-state index contributed by atoms with van der Waals surface area (Å²) in [5.41, 5.74) is 6.74. The number of hydrogen-bond donors (Lipinski definition) is 2. The van der Waals surface area contributed by atoms with Crippen LogP contribution in [0.4, 0.5) is 0 Å². The molecule has 1 fully saturated rings. The Hall–Kier alpha value is -1.95. The summed E-state index contributed by atoms with van der Waals surface area (Å²) in [6, 6.07) is 6.76. The number of carbonyl (C=O) groups is 2. The van der Waals surface area contributed by atoms with Crippen LogP contribution in [0.15, 0.2) is 24.3 Å². The molecule has 6 heteroatoms. The molecule has 1 aliphatic rings. The SMILES string of the molecule is NC(=S)c1ccc(C(=O)N2CCNC(=O)C2)cc1. The second-order valence-corrected chi connectivity index (χ2v) is 4.46. The van der Waals surface area contributed by atoms with Crippen LogP contribution in [0.25, 0.3) is 0 Å². The number of piperazine rings is 1. The molecule has 5 nitrogen and oxygen atoms in total. The van der Waals surface area contributed by atoms with Gasteiger partial charge < -0.3 is 16.0 Å². The van der Waals surface area contributed by atoms with Gasteiger partial charge in [-0.1, -0.05) is 24.4 Å². The van der Waals surface area contributed by atoms with E-state index >= 15 is 0 Å². The lowest BCUT2D eigenvalue weighted by Gasteiger charge is -2.26. The number of carbonyl (C=O) groups excluding carboxylic acids is 2. The summed E-state index contributed by atoms with van der Waals surface area (Å²) in [5.74, 6) is -0.284. The van der Waals surface area contributed by atoms with Crippen molar-refractivity contribution >= 4 is 29.0 Å². The van der Waals surface area contributed by atoms with Crippen LogP contribution >= 0.6 is 12.2 Å². The van der Waals surface area contributed by atoms with E-state index in [1.807, 2.05) is 0 Å². The van der Waals surface area contributed by atoms with Crippen LogP contribution in [0.3, 0.4) is 0 Å². The van der Waals surface area contributed by atoms with Crippen molar-refractivity contribution < 1.29 is 9.59 Å². The molecule has 3 N–H and O–H groups in total. The molecule has 0 spiro atoms. The molecule has 1 heterocycles. The van der Waals surface area contributed by atoms with Gasteiger partial charge in [0.2, 0.25) is 5.91 Å². The molecule has 1 aromatic carbocycles. The molecular weight excluding hydrogens is 250 g/mol. The third-order valence-electron chi connectivity index (χ3n) is 2.74. The average Bonchev–Trinajstić information content (AvgIpc) is 2.38. The van der Waals surface area contributed by atoms with E-state index in [-0.39, 0.29) is 18.4 Å². The molecule has 94 valence electrons. The Morgan fingerprint density at radius 1 is 1.28 bits per heavy atom. The first-order chi connectivity index (χ1) is 8.58. The predicted molar refractivity (Wildman–Crippen MR) is 71.2 cm³/mol. The summed E-state index contributed by atoms with van der Waals surface area (Å²) in [7, 11) is 0. The van der Waals surface area contributed by atoms with Crippen LogP contribution < -0.4 is 11.1 Å². The van der Waals surface area contributed by atoms with E-state index in [4.69, 9.17) is 18.0 Å². The monoisotopic (exact) mass is 263 g/mol. The van der Waals surface area contributed by atoms with Crippen LogP contribution in [0.1, 0.15) is 15.9 Å². The van der Waals surface area contributed by atoms with E-state index < -0.39 is 0 Å². The second kappa shape index (κ2) is 5.14. The molecule has 0 radical (unpaired) electrons. The Bertz CT molecular complexity index is 499. The molecular formula is C12H13N3O2S. The quantitative estimate of drug-likeness (QED) is 0.730. The van der Waals surface area contributed by atoms with Gasteiger partial charge in [-0.2, -0.15) is 0 Å². The number of hydrogen-bond acceptors (Lipinski definition) is 3. The Morgan fingerprint density at radius 3 is 2.44 bits per heavy atom. The summed E-state index contributed by atoms with van der Waals surface area (Å²) in [6.45, 7) is 1.13. The van der Waals surface area contributed by atoms with E-state index in [1.165, 1.54) is 4.90 Å². The lowest BCUT2D eigenvalue weighted by Crippen LogP contribution is -2.49. The third-order valence-corrected chi connectivity index (χ3v) is 2.98. The summed E-state index contributed by atoms with van der Waals surface area (Å²) in [4.78, 5) is 25.1. The molecule has 0 bridgehead atoms. The third kappa shape index (κ3) is 2.65. The van der Waals surface area contributed by atoms with Crippen LogP contribution in [0.5, 0.6) is 0 Å². The lowest BCUT2D eigenvalue weighted by molar-refractivity contribution is -0.123. The first-order valence-electron chi connectivity index (χ1n) is 5.54. The maximum absolute atomic E-state index is 12.1. The fourth-order valence-electron chi connectivity index (χ4n) is 1.77. The maximum Gasteiger partial charge on any atom is 0.254 e. The highest BCUT2D eigenvalue weighted by Gasteiger charge is 2.21. The van der Waals surface area contributed by atoms with Crippen molar-refractivity contribution in [3.05, 3.63) is 35.4 Å². The summed E-state index contributed by atoms with van der Waals surface area (Å²) < 4.78 is 0. The van der Waals surface area contributed by atoms with E-state index in [0.29, 0.717) is 23.6 Å². The zero-order valence-corrected chi connectivity index (χ0v) is 10.5. The molecule has 18 heavy (non-hydrogen) atoms. The number of rotatable bonds is 2. The number of nitrogens with one attached hydrogen (secondary N) is 1. The van der Waals surface area contributed by atoms with Crippen LogP contribution in [0, 0.1) is 0 Å². The van der Waals surface area contributed by atoms with Gasteiger partial charge in [0.05, 0.1) is 6.54 Å². The summed E-state index contributed by atoms with van der Waals surface area (Å²) in [5, 5.41) is 2.68. The molecule has 1 saturated heterocycles. The van der Waals surface area contributed by atoms with E-state index in [9.17, 15) is 9.59 Å². The largest absolute Gasteiger partial charge is 0.389 e. The lowest BCUT2D eigenvalue weighted by atomic mass is 10.1. The van der Waals surface area contributed by atoms with Crippen molar-refractivity contribution in [3.63, 3.8) is 0 Å². The van der Waals surface area contributed by atoms with Crippen LogP contribution in [-0.2, 0) is 4.79 Å². The Labute approximate surface area is 110 Å². The number of nitrogens with zero attached hydrogens (tertiary/aromatic N) is 1. The number of benzene rings is 1. The van der Waals surface area contributed by atoms with Gasteiger partial charge in [0.25, 0.3) is 5.91 Å². The van der Waals surface area contributed by atoms with E-state index in [0.717, 1.165) is 5.56 Å². The molecule has 1 aliphatic heterocycles. The molecule has 0 atom stereocenters. The first-order valence-corrected chi connectivity index (χ1v) is 5.94. The van der Waals surface area contributed by atoms with Crippen molar-refractivity contribution in [2.75, 3.05) is 19.6 Å². The van der Waals surface area contributed by atoms with Crippen molar-refractivity contribution in [2.24, 2.45) is 5.73 Å². The van der Waals surface area contributed by atoms with Crippen molar-refractivity contribution in [1.29, 1.82) is 0 Å². The van der Waals surface area contributed by atoms with Crippen molar-refractivity contribution in [3.8, 4) is 0 Å². The highest BCUT2D eigenvalue weighted by molar-refractivity contribution is 7.80. The smallest absolute Gasteiger partial charge is 0.254 e. The molecule has 2 amide bonds. The van der Waals surface area contributed by atoms with Crippen LogP contribution in [0.2, 0.25) is 0 Å². The summed E-state index contributed by atoms with van der Waals surface area (Å²) >= 11 is 4.84. The Kier molecular flexibility index (Phi) is 3.57. The average molecular weight is 263 g/mol. The van der Waals surface area contributed by atoms with Crippen LogP contribution in [-0.4, -0.2) is 41.3 Å². The molecule has 0 aromatic heterocycles. The fraction of sp³-hybridized carbons (Fsp3) is 0.250. The van der Waals surface area contributed by atoms with Crippen molar-refractivity contribution in [1.82, 2.24) is 10.2 Å². The number of nitrogens with two attached hydrogens (primary N) is 1. The Balaban J connectivity index is 2.13. The first kappa shape index (κ1) is 12.5. The standard InChI is InChI=1S/C12H13N3O2S/c13-11(18)8-1-3-9(4-2-8)12(17)15-6-5-14-10(16)7-15/h1-4H,5-7H2,(H2,13,18)(H,14,16). The molecule has 1 aromatic rings. The number of amides is 2. The molecule has 2 rings (SSSR count). The second-order valence-electron chi connectivity index (χ2n) is 4.02. The highest BCUT2D eigenvalue weighted by Crippen LogP contribution is 2.08. The minimum absolute atomic E-state index is 0.107. The maximum atomic E-state index is 12.1. The van der Waals surface area contributed by atoms with Gasteiger partial charge in [-0.3, -0.25) is 9.59 Å². The predicted octanol–water partition coefficient (Wildman–Crippen LogP) is -0.107. The minimum atomic E-state index is -0.153. The molecule has 0 saturated carbocycles. The number of thiocarbonyl (C=S) groups is 1. The van der Waals surface area contributed by atoms with Gasteiger partial charge in [-0.15, -0.1) is 0 Å². The highest BCUT2D eigenvalue weighted by atomic mass is 32.1. The van der Waals surface area contributed by atoms with Gasteiger partial charge in [-0.05, 0) is 12.1 Å². The summed E-state index contributed by atoms with van der Waals surface area (Å²) in [6.07, 6.45) is 0. The minimum Gasteiger partial charge on any atom is -0.389 e. The zero-order chi connectivity index (χ0) is 13.1. The van der Waals surface area contributed by atoms with Gasteiger partial charge in [0.1, 0.15) is 4.99 Å². The molecule has 0 unspecified atom stereocenters.